The monoisotopic (exact) mass is 422 g/mol. The lowest BCUT2D eigenvalue weighted by Gasteiger charge is -2.29. The van der Waals surface area contributed by atoms with Crippen LogP contribution in [0.2, 0.25) is 5.02 Å². The molecule has 30 heavy (non-hydrogen) atoms. The molecule has 2 heterocycles. The van der Waals surface area contributed by atoms with Gasteiger partial charge in [0.05, 0.1) is 17.4 Å². The second-order valence-electron chi connectivity index (χ2n) is 7.15. The van der Waals surface area contributed by atoms with Gasteiger partial charge in [-0.05, 0) is 49.6 Å². The Labute approximate surface area is 180 Å². The number of hydrogen-bond donors (Lipinski definition) is 3. The second-order valence-corrected chi connectivity index (χ2v) is 7.56. The molecule has 8 heteroatoms. The number of primary amides is 1. The van der Waals surface area contributed by atoms with Crippen LogP contribution in [0.15, 0.2) is 54.7 Å². The van der Waals surface area contributed by atoms with Crippen molar-refractivity contribution in [1.82, 2.24) is 9.97 Å². The molecule has 0 aliphatic carbocycles. The van der Waals surface area contributed by atoms with Gasteiger partial charge in [-0.2, -0.15) is 4.98 Å². The molecule has 1 amide bonds. The number of carbonyl (C=O) groups is 1. The number of anilines is 5. The van der Waals surface area contributed by atoms with Crippen LogP contribution in [0.5, 0.6) is 0 Å². The van der Waals surface area contributed by atoms with E-state index in [1.54, 1.807) is 24.3 Å². The van der Waals surface area contributed by atoms with Gasteiger partial charge in [-0.25, -0.2) is 4.98 Å². The minimum Gasteiger partial charge on any atom is -0.371 e. The summed E-state index contributed by atoms with van der Waals surface area (Å²) in [4.78, 5) is 22.8. The molecule has 0 unspecified atom stereocenters. The lowest BCUT2D eigenvalue weighted by Crippen LogP contribution is -2.29. The van der Waals surface area contributed by atoms with Crippen LogP contribution in [-0.4, -0.2) is 29.0 Å². The topological polar surface area (TPSA) is 96.2 Å². The number of carbonyl (C=O) groups excluding carboxylic acids is 1. The number of nitrogens with zero attached hydrogens (tertiary/aromatic N) is 3. The van der Waals surface area contributed by atoms with Crippen LogP contribution < -0.4 is 21.3 Å². The van der Waals surface area contributed by atoms with E-state index >= 15 is 0 Å². The minimum absolute atomic E-state index is 0.335. The number of rotatable bonds is 6. The van der Waals surface area contributed by atoms with Gasteiger partial charge in [-0.15, -0.1) is 0 Å². The Hall–Kier alpha value is -3.32. The van der Waals surface area contributed by atoms with E-state index in [0.717, 1.165) is 18.8 Å². The molecule has 7 nitrogen and oxygen atoms in total. The van der Waals surface area contributed by atoms with Crippen molar-refractivity contribution in [2.24, 2.45) is 5.73 Å². The van der Waals surface area contributed by atoms with Gasteiger partial charge < -0.3 is 21.3 Å². The fraction of sp³-hybridized carbons (Fsp3) is 0.227. The van der Waals surface area contributed by atoms with Crippen molar-refractivity contribution >= 4 is 46.3 Å². The second kappa shape index (κ2) is 9.00. The summed E-state index contributed by atoms with van der Waals surface area (Å²) in [6, 6.07) is 15.1. The van der Waals surface area contributed by atoms with E-state index in [1.165, 1.54) is 31.1 Å². The van der Waals surface area contributed by atoms with E-state index in [9.17, 15) is 4.79 Å². The number of amides is 1. The number of halogens is 1. The van der Waals surface area contributed by atoms with Crippen LogP contribution >= 0.6 is 11.6 Å². The molecule has 0 radical (unpaired) electrons. The average Bonchev–Trinajstić information content (AvgIpc) is 2.77. The van der Waals surface area contributed by atoms with Gasteiger partial charge in [-0.1, -0.05) is 29.8 Å². The standard InChI is InChI=1S/C22H23ClN6O/c23-18-14-25-22(28-21(18)27-19-10-3-2-9-17(19)20(24)30)26-15-7-6-8-16(13-15)29-11-4-1-5-12-29/h2-3,6-10,13-14H,1,4-5,11-12H2,(H2,24,30)(H2,25,26,27,28). The molecule has 1 aliphatic rings. The molecule has 3 aromatic rings. The summed E-state index contributed by atoms with van der Waals surface area (Å²) in [5.41, 5.74) is 8.42. The van der Waals surface area contributed by atoms with Crippen LogP contribution in [0.1, 0.15) is 29.6 Å². The highest BCUT2D eigenvalue weighted by Gasteiger charge is 2.13. The number of benzene rings is 2. The minimum atomic E-state index is -0.531. The van der Waals surface area contributed by atoms with Gasteiger partial charge in [0.25, 0.3) is 5.91 Å². The summed E-state index contributed by atoms with van der Waals surface area (Å²) in [7, 11) is 0. The van der Waals surface area contributed by atoms with Crippen molar-refractivity contribution in [2.45, 2.75) is 19.3 Å². The maximum atomic E-state index is 11.7. The number of aromatic nitrogens is 2. The molecule has 1 aliphatic heterocycles. The molecule has 1 fully saturated rings. The van der Waals surface area contributed by atoms with Crippen LogP contribution in [0.3, 0.4) is 0 Å². The zero-order valence-corrected chi connectivity index (χ0v) is 17.2. The van der Waals surface area contributed by atoms with Crippen molar-refractivity contribution in [1.29, 1.82) is 0 Å². The summed E-state index contributed by atoms with van der Waals surface area (Å²) in [6.07, 6.45) is 5.25. The Morgan fingerprint density at radius 1 is 1.03 bits per heavy atom. The number of para-hydroxylation sites is 1. The van der Waals surface area contributed by atoms with Crippen LogP contribution in [0, 0.1) is 0 Å². The van der Waals surface area contributed by atoms with Crippen LogP contribution in [0.25, 0.3) is 0 Å². The van der Waals surface area contributed by atoms with E-state index in [-0.39, 0.29) is 0 Å². The van der Waals surface area contributed by atoms with E-state index in [4.69, 9.17) is 17.3 Å². The van der Waals surface area contributed by atoms with Crippen molar-refractivity contribution in [3.63, 3.8) is 0 Å². The zero-order chi connectivity index (χ0) is 20.9. The van der Waals surface area contributed by atoms with Gasteiger partial charge >= 0.3 is 0 Å². The van der Waals surface area contributed by atoms with Gasteiger partial charge in [0.2, 0.25) is 5.95 Å². The quantitative estimate of drug-likeness (QED) is 0.532. The molecule has 0 spiro atoms. The Kier molecular flexibility index (Phi) is 5.99. The third-order valence-electron chi connectivity index (χ3n) is 5.01. The SMILES string of the molecule is NC(=O)c1ccccc1Nc1nc(Nc2cccc(N3CCCCC3)c2)ncc1Cl. The van der Waals surface area contributed by atoms with E-state index < -0.39 is 5.91 Å². The molecule has 1 saturated heterocycles. The fourth-order valence-electron chi connectivity index (χ4n) is 3.51. The van der Waals surface area contributed by atoms with Crippen molar-refractivity contribution < 1.29 is 4.79 Å². The maximum absolute atomic E-state index is 11.7. The summed E-state index contributed by atoms with van der Waals surface area (Å²) in [5.74, 6) is 0.250. The smallest absolute Gasteiger partial charge is 0.250 e. The predicted octanol–water partition coefficient (Wildman–Crippen LogP) is 4.71. The predicted molar refractivity (Wildman–Crippen MR) is 121 cm³/mol. The van der Waals surface area contributed by atoms with Gasteiger partial charge in [0.15, 0.2) is 5.82 Å². The van der Waals surface area contributed by atoms with E-state index in [2.05, 4.69) is 37.6 Å². The summed E-state index contributed by atoms with van der Waals surface area (Å²) < 4.78 is 0. The van der Waals surface area contributed by atoms with Crippen LogP contribution in [0.4, 0.5) is 28.8 Å². The number of nitrogens with two attached hydrogens (primary N) is 1. The van der Waals surface area contributed by atoms with Gasteiger partial charge in [0.1, 0.15) is 5.02 Å². The number of piperidine rings is 1. The molecule has 154 valence electrons. The van der Waals surface area contributed by atoms with Gasteiger partial charge in [0, 0.05) is 24.5 Å². The summed E-state index contributed by atoms with van der Waals surface area (Å²) in [6.45, 7) is 2.16. The first kappa shape index (κ1) is 20.0. The molecule has 1 aromatic heterocycles. The third-order valence-corrected chi connectivity index (χ3v) is 5.29. The van der Waals surface area contributed by atoms with E-state index in [0.29, 0.717) is 28.0 Å². The Balaban J connectivity index is 1.55. The molecule has 4 rings (SSSR count). The Bertz CT molecular complexity index is 1050. The first-order valence-electron chi connectivity index (χ1n) is 9.90. The molecule has 2 aromatic carbocycles. The van der Waals surface area contributed by atoms with Crippen molar-refractivity contribution in [2.75, 3.05) is 28.6 Å². The fourth-order valence-corrected chi connectivity index (χ4v) is 3.65. The van der Waals surface area contributed by atoms with E-state index in [1.807, 2.05) is 12.1 Å². The highest BCUT2D eigenvalue weighted by molar-refractivity contribution is 6.33. The van der Waals surface area contributed by atoms with Gasteiger partial charge in [-0.3, -0.25) is 4.79 Å². The maximum Gasteiger partial charge on any atom is 0.250 e. The largest absolute Gasteiger partial charge is 0.371 e. The number of hydrogen-bond acceptors (Lipinski definition) is 6. The van der Waals surface area contributed by atoms with Crippen molar-refractivity contribution in [3.8, 4) is 0 Å². The zero-order valence-electron chi connectivity index (χ0n) is 16.4. The first-order chi connectivity index (χ1) is 14.6. The molecule has 4 N–H and O–H groups in total. The Morgan fingerprint density at radius 3 is 2.63 bits per heavy atom. The molecular formula is C22H23ClN6O. The average molecular weight is 423 g/mol. The Morgan fingerprint density at radius 2 is 1.83 bits per heavy atom. The third kappa shape index (κ3) is 4.63. The van der Waals surface area contributed by atoms with Crippen LogP contribution in [-0.2, 0) is 0 Å². The number of nitrogens with one attached hydrogen (secondary N) is 2. The molecule has 0 bridgehead atoms. The lowest BCUT2D eigenvalue weighted by atomic mass is 10.1. The molecule has 0 atom stereocenters. The lowest BCUT2D eigenvalue weighted by molar-refractivity contribution is 0.100. The normalized spacial score (nSPS) is 13.7. The first-order valence-corrected chi connectivity index (χ1v) is 10.3. The summed E-state index contributed by atoms with van der Waals surface area (Å²) in [5, 5.41) is 6.65. The molecular weight excluding hydrogens is 400 g/mol. The summed E-state index contributed by atoms with van der Waals surface area (Å²) >= 11 is 6.27. The van der Waals surface area contributed by atoms with Crippen molar-refractivity contribution in [3.05, 3.63) is 65.3 Å². The highest BCUT2D eigenvalue weighted by atomic mass is 35.5. The highest BCUT2D eigenvalue weighted by Crippen LogP contribution is 2.28. The molecule has 0 saturated carbocycles.